The number of carbonyl (C=O) groups excluding carboxylic acids is 2. The average molecular weight is 488 g/mol. The molecule has 10 nitrogen and oxygen atoms in total. The SMILES string of the molecule is CC(CCN1Cc2cc(C#Cc3ccc(C4(O)COC4)cc3)cn2C1=O)(C(=O)NO)S(C)(=O)=O. The minimum atomic E-state index is -3.84. The van der Waals surface area contributed by atoms with E-state index < -0.39 is 26.1 Å². The van der Waals surface area contributed by atoms with Gasteiger partial charge in [0.25, 0.3) is 5.91 Å². The number of hydrogen-bond donors (Lipinski definition) is 3. The first kappa shape index (κ1) is 24.0. The Kier molecular flexibility index (Phi) is 6.03. The summed E-state index contributed by atoms with van der Waals surface area (Å²) in [6.45, 7) is 2.04. The van der Waals surface area contributed by atoms with E-state index in [0.29, 0.717) is 11.3 Å². The third-order valence-electron chi connectivity index (χ3n) is 6.44. The molecule has 1 aromatic carbocycles. The summed E-state index contributed by atoms with van der Waals surface area (Å²) in [7, 11) is -3.84. The molecule has 4 rings (SSSR count). The standard InChI is InChI=1S/C23H25N3O7S/c1-22(20(27)24-30,34(2,31)32)9-10-25-13-19-11-17(12-26(19)21(25)28)4-3-16-5-7-18(8-6-16)23(29)14-33-15-23/h5-8,11-12,29-30H,9-10,13-15H2,1-2H3,(H,24,27). The van der Waals surface area contributed by atoms with E-state index in [9.17, 15) is 23.1 Å². The van der Waals surface area contributed by atoms with Crippen LogP contribution in [0.4, 0.5) is 4.79 Å². The number of amides is 2. The summed E-state index contributed by atoms with van der Waals surface area (Å²) in [5, 5.41) is 19.2. The Morgan fingerprint density at radius 2 is 1.88 bits per heavy atom. The summed E-state index contributed by atoms with van der Waals surface area (Å²) in [5.41, 5.74) is 3.36. The van der Waals surface area contributed by atoms with Gasteiger partial charge in [-0.15, -0.1) is 0 Å². The van der Waals surface area contributed by atoms with Gasteiger partial charge in [-0.3, -0.25) is 14.6 Å². The monoisotopic (exact) mass is 487 g/mol. The number of nitrogens with zero attached hydrogens (tertiary/aromatic N) is 2. The highest BCUT2D eigenvalue weighted by atomic mass is 32.2. The van der Waals surface area contributed by atoms with Crippen LogP contribution in [-0.2, 0) is 31.5 Å². The van der Waals surface area contributed by atoms with Crippen LogP contribution in [0.1, 0.15) is 35.7 Å². The fourth-order valence-electron chi connectivity index (χ4n) is 3.87. The molecule has 1 fully saturated rings. The molecule has 3 N–H and O–H groups in total. The Labute approximate surface area is 197 Å². The lowest BCUT2D eigenvalue weighted by Crippen LogP contribution is -2.50. The topological polar surface area (TPSA) is 138 Å². The molecule has 1 saturated heterocycles. The first-order valence-corrected chi connectivity index (χ1v) is 12.4. The number of rotatable bonds is 6. The van der Waals surface area contributed by atoms with E-state index in [1.165, 1.54) is 21.9 Å². The first-order valence-electron chi connectivity index (χ1n) is 10.5. The van der Waals surface area contributed by atoms with Crippen LogP contribution in [0.2, 0.25) is 0 Å². The lowest BCUT2D eigenvalue weighted by molar-refractivity contribution is -0.184. The van der Waals surface area contributed by atoms with Crippen molar-refractivity contribution < 1.29 is 33.1 Å². The van der Waals surface area contributed by atoms with Gasteiger partial charge in [-0.05, 0) is 37.1 Å². The van der Waals surface area contributed by atoms with Crippen molar-refractivity contribution in [3.05, 3.63) is 58.9 Å². The summed E-state index contributed by atoms with van der Waals surface area (Å²) < 4.78 is 28.9. The van der Waals surface area contributed by atoms with Gasteiger partial charge >= 0.3 is 6.03 Å². The van der Waals surface area contributed by atoms with Crippen molar-refractivity contribution in [1.82, 2.24) is 14.9 Å². The van der Waals surface area contributed by atoms with Gasteiger partial charge in [0.05, 0.1) is 19.8 Å². The number of aliphatic hydroxyl groups is 1. The van der Waals surface area contributed by atoms with Crippen molar-refractivity contribution in [3.8, 4) is 11.8 Å². The van der Waals surface area contributed by atoms with Crippen molar-refractivity contribution in [2.45, 2.75) is 30.2 Å². The largest absolute Gasteiger partial charge is 0.380 e. The number of fused-ring (bicyclic) bond motifs is 1. The summed E-state index contributed by atoms with van der Waals surface area (Å²) in [4.78, 5) is 26.2. The van der Waals surface area contributed by atoms with Crippen LogP contribution in [-0.4, -0.2) is 70.9 Å². The Balaban J connectivity index is 1.42. The molecule has 1 aromatic heterocycles. The molecule has 0 bridgehead atoms. The molecule has 1 unspecified atom stereocenters. The quantitative estimate of drug-likeness (QED) is 0.308. The summed E-state index contributed by atoms with van der Waals surface area (Å²) in [6.07, 6.45) is 2.36. The number of nitrogens with one attached hydrogen (secondary N) is 1. The van der Waals surface area contributed by atoms with Gasteiger partial charge in [0, 0.05) is 35.8 Å². The normalized spacial score (nSPS) is 18.4. The zero-order valence-electron chi connectivity index (χ0n) is 18.7. The molecule has 2 aliphatic rings. The number of aromatic nitrogens is 1. The number of hydroxylamine groups is 1. The maximum absolute atomic E-state index is 12.8. The van der Waals surface area contributed by atoms with Crippen molar-refractivity contribution in [1.29, 1.82) is 0 Å². The molecule has 2 aliphatic heterocycles. The molecule has 0 spiro atoms. The van der Waals surface area contributed by atoms with Crippen LogP contribution in [0, 0.1) is 11.8 Å². The number of sulfone groups is 1. The third-order valence-corrected chi connectivity index (χ3v) is 8.47. The molecule has 1 atom stereocenters. The maximum atomic E-state index is 12.8. The zero-order chi connectivity index (χ0) is 24.7. The van der Waals surface area contributed by atoms with Crippen molar-refractivity contribution in [3.63, 3.8) is 0 Å². The van der Waals surface area contributed by atoms with E-state index in [-0.39, 0.29) is 38.8 Å². The maximum Gasteiger partial charge on any atom is 0.328 e. The van der Waals surface area contributed by atoms with E-state index in [1.54, 1.807) is 12.3 Å². The van der Waals surface area contributed by atoms with Crippen LogP contribution in [0.3, 0.4) is 0 Å². The minimum Gasteiger partial charge on any atom is -0.380 e. The van der Waals surface area contributed by atoms with Crippen LogP contribution in [0.15, 0.2) is 36.5 Å². The van der Waals surface area contributed by atoms with E-state index in [4.69, 9.17) is 9.94 Å². The molecule has 11 heteroatoms. The van der Waals surface area contributed by atoms with E-state index in [0.717, 1.165) is 17.4 Å². The molecule has 2 aromatic rings. The lowest BCUT2D eigenvalue weighted by Gasteiger charge is -2.36. The third kappa shape index (κ3) is 4.21. The lowest BCUT2D eigenvalue weighted by atomic mass is 9.91. The van der Waals surface area contributed by atoms with E-state index >= 15 is 0 Å². The first-order chi connectivity index (χ1) is 16.0. The highest BCUT2D eigenvalue weighted by molar-refractivity contribution is 7.92. The Morgan fingerprint density at radius 1 is 1.24 bits per heavy atom. The van der Waals surface area contributed by atoms with E-state index in [2.05, 4.69) is 11.8 Å². The van der Waals surface area contributed by atoms with Crippen LogP contribution < -0.4 is 5.48 Å². The summed E-state index contributed by atoms with van der Waals surface area (Å²) >= 11 is 0. The Bertz CT molecular complexity index is 1300. The Hall–Kier alpha value is -3.17. The minimum absolute atomic E-state index is 0.0161. The molecule has 2 amide bonds. The van der Waals surface area contributed by atoms with Gasteiger partial charge in [0.2, 0.25) is 0 Å². The van der Waals surface area contributed by atoms with Crippen molar-refractivity contribution in [2.75, 3.05) is 26.0 Å². The van der Waals surface area contributed by atoms with Gasteiger partial charge in [-0.2, -0.15) is 0 Å². The van der Waals surface area contributed by atoms with Crippen LogP contribution in [0.5, 0.6) is 0 Å². The average Bonchev–Trinajstić information content (AvgIpc) is 3.31. The number of carbonyl (C=O) groups is 2. The highest BCUT2D eigenvalue weighted by Crippen LogP contribution is 2.29. The molecule has 3 heterocycles. The predicted octanol–water partition coefficient (Wildman–Crippen LogP) is 0.588. The fourth-order valence-corrected chi connectivity index (χ4v) is 4.72. The van der Waals surface area contributed by atoms with Gasteiger partial charge in [-0.1, -0.05) is 24.0 Å². The van der Waals surface area contributed by atoms with Crippen LogP contribution in [0.25, 0.3) is 0 Å². The molecule has 180 valence electrons. The van der Waals surface area contributed by atoms with Gasteiger partial charge in [0.15, 0.2) is 14.6 Å². The van der Waals surface area contributed by atoms with E-state index in [1.807, 2.05) is 24.3 Å². The number of ether oxygens (including phenoxy) is 1. The Morgan fingerprint density at radius 3 is 2.41 bits per heavy atom. The second kappa shape index (κ2) is 8.56. The van der Waals surface area contributed by atoms with Crippen molar-refractivity contribution >= 4 is 21.8 Å². The molecular formula is C23H25N3O7S. The van der Waals surface area contributed by atoms with Crippen LogP contribution >= 0.6 is 0 Å². The summed E-state index contributed by atoms with van der Waals surface area (Å²) in [5.74, 6) is 5.02. The van der Waals surface area contributed by atoms with Crippen molar-refractivity contribution in [2.24, 2.45) is 0 Å². The number of benzene rings is 1. The smallest absolute Gasteiger partial charge is 0.328 e. The molecule has 0 radical (unpaired) electrons. The van der Waals surface area contributed by atoms with Gasteiger partial charge < -0.3 is 14.7 Å². The molecular weight excluding hydrogens is 462 g/mol. The summed E-state index contributed by atoms with van der Waals surface area (Å²) in [6, 6.07) is 8.70. The number of hydrogen-bond acceptors (Lipinski definition) is 7. The highest BCUT2D eigenvalue weighted by Gasteiger charge is 2.44. The second-order valence-electron chi connectivity index (χ2n) is 8.84. The zero-order valence-corrected chi connectivity index (χ0v) is 19.6. The van der Waals surface area contributed by atoms with Gasteiger partial charge in [-0.25, -0.2) is 18.7 Å². The van der Waals surface area contributed by atoms with Gasteiger partial charge in [0.1, 0.15) is 5.60 Å². The molecule has 0 aliphatic carbocycles. The second-order valence-corrected chi connectivity index (χ2v) is 11.3. The molecule has 34 heavy (non-hydrogen) atoms. The predicted molar refractivity (Wildman–Crippen MR) is 121 cm³/mol. The molecule has 0 saturated carbocycles. The fraction of sp³-hybridized carbons (Fsp3) is 0.391.